The van der Waals surface area contributed by atoms with E-state index >= 15 is 0 Å². The number of anilines is 1. The lowest BCUT2D eigenvalue weighted by atomic mass is 9.94. The number of nitrogens with zero attached hydrogens (tertiary/aromatic N) is 6. The highest BCUT2D eigenvalue weighted by molar-refractivity contribution is 6.30. The van der Waals surface area contributed by atoms with Gasteiger partial charge < -0.3 is 9.88 Å². The summed E-state index contributed by atoms with van der Waals surface area (Å²) in [6.45, 7) is 9.46. The molecule has 2 aromatic carbocycles. The average molecular weight is 546 g/mol. The molecule has 204 valence electrons. The highest BCUT2D eigenvalue weighted by Crippen LogP contribution is 2.34. The predicted molar refractivity (Wildman–Crippen MR) is 156 cm³/mol. The van der Waals surface area contributed by atoms with Gasteiger partial charge in [0.2, 0.25) is 0 Å². The van der Waals surface area contributed by atoms with Crippen LogP contribution in [0, 0.1) is 20.8 Å². The van der Waals surface area contributed by atoms with Crippen molar-refractivity contribution in [2.75, 3.05) is 31.1 Å². The Hall–Kier alpha value is -3.23. The summed E-state index contributed by atoms with van der Waals surface area (Å²) >= 11 is 6.34. The number of halogens is 1. The third-order valence-electron chi connectivity index (χ3n) is 8.75. The third-order valence-corrected chi connectivity index (χ3v) is 8.98. The van der Waals surface area contributed by atoms with Crippen LogP contribution < -0.4 is 10.5 Å². The van der Waals surface area contributed by atoms with Crippen LogP contribution in [0.2, 0.25) is 5.02 Å². The van der Waals surface area contributed by atoms with Crippen molar-refractivity contribution in [2.24, 2.45) is 0 Å². The quantitative estimate of drug-likeness (QED) is 0.356. The molecular formula is C30H36ClN7O. The van der Waals surface area contributed by atoms with E-state index in [2.05, 4.69) is 75.3 Å². The Bertz CT molecular complexity index is 1550. The fraction of sp³-hybridized carbons (Fsp3) is 0.467. The number of nitrogens with one attached hydrogen (secondary N) is 1. The molecule has 2 fully saturated rings. The Morgan fingerprint density at radius 1 is 0.949 bits per heavy atom. The van der Waals surface area contributed by atoms with E-state index in [0.29, 0.717) is 5.56 Å². The molecule has 2 aliphatic rings. The Kier molecular flexibility index (Phi) is 7.16. The molecule has 0 radical (unpaired) electrons. The first-order valence-electron chi connectivity index (χ1n) is 14.1. The monoisotopic (exact) mass is 545 g/mol. The van der Waals surface area contributed by atoms with Crippen LogP contribution in [0.1, 0.15) is 72.3 Å². The summed E-state index contributed by atoms with van der Waals surface area (Å²) in [5.74, 6) is 0.767. The standard InChI is InChI=1S/C30H36ClN7O/c1-19-9-11-22-17-25(30(39)32-27(22)21(19)3)28(29-33-34-35-38(29)24-7-5-4-6-8-24)37-15-13-36(14-16-37)26-18-23(31)12-10-20(26)2/h9-12,17-18,24,28H,4-8,13-16H2,1-3H3,(H,32,39). The lowest BCUT2D eigenvalue weighted by Gasteiger charge is -2.40. The molecule has 9 heteroatoms. The number of H-pyrrole nitrogens is 1. The Morgan fingerprint density at radius 3 is 2.46 bits per heavy atom. The van der Waals surface area contributed by atoms with Crippen LogP contribution in [0.3, 0.4) is 0 Å². The molecule has 2 aromatic heterocycles. The number of piperazine rings is 1. The van der Waals surface area contributed by atoms with Crippen LogP contribution in [0.25, 0.3) is 10.9 Å². The van der Waals surface area contributed by atoms with Crippen LogP contribution in [0.4, 0.5) is 5.69 Å². The van der Waals surface area contributed by atoms with Crippen molar-refractivity contribution in [3.63, 3.8) is 0 Å². The predicted octanol–water partition coefficient (Wildman–Crippen LogP) is 5.51. The number of tetrazole rings is 1. The average Bonchev–Trinajstić information content (AvgIpc) is 3.43. The fourth-order valence-electron chi connectivity index (χ4n) is 6.35. The summed E-state index contributed by atoms with van der Waals surface area (Å²) in [7, 11) is 0. The highest BCUT2D eigenvalue weighted by Gasteiger charge is 2.34. The van der Waals surface area contributed by atoms with E-state index in [1.54, 1.807) is 0 Å². The number of pyridine rings is 1. The maximum Gasteiger partial charge on any atom is 0.253 e. The van der Waals surface area contributed by atoms with Crippen LogP contribution in [-0.4, -0.2) is 56.3 Å². The molecule has 1 unspecified atom stereocenters. The minimum atomic E-state index is -0.334. The van der Waals surface area contributed by atoms with E-state index in [0.717, 1.165) is 71.9 Å². The lowest BCUT2D eigenvalue weighted by Crippen LogP contribution is -2.49. The van der Waals surface area contributed by atoms with E-state index in [-0.39, 0.29) is 17.6 Å². The zero-order valence-corrected chi connectivity index (χ0v) is 23.7. The molecule has 1 aliphatic heterocycles. The molecule has 3 heterocycles. The first kappa shape index (κ1) is 26.0. The minimum Gasteiger partial charge on any atom is -0.369 e. The van der Waals surface area contributed by atoms with E-state index in [1.807, 2.05) is 16.8 Å². The van der Waals surface area contributed by atoms with E-state index in [1.165, 1.54) is 30.5 Å². The largest absolute Gasteiger partial charge is 0.369 e. The van der Waals surface area contributed by atoms with Crippen molar-refractivity contribution in [3.8, 4) is 0 Å². The normalized spacial score (nSPS) is 18.1. The van der Waals surface area contributed by atoms with Gasteiger partial charge >= 0.3 is 0 Å². The van der Waals surface area contributed by atoms with Crippen LogP contribution in [0.5, 0.6) is 0 Å². The number of hydrogen-bond donors (Lipinski definition) is 1. The van der Waals surface area contributed by atoms with Gasteiger partial charge in [0.05, 0.1) is 11.6 Å². The minimum absolute atomic E-state index is 0.0764. The maximum atomic E-state index is 13.7. The molecule has 1 N–H and O–H groups in total. The first-order chi connectivity index (χ1) is 18.9. The number of benzene rings is 2. The van der Waals surface area contributed by atoms with Gasteiger partial charge in [0.1, 0.15) is 6.04 Å². The summed E-state index contributed by atoms with van der Waals surface area (Å²) in [6.07, 6.45) is 5.76. The van der Waals surface area contributed by atoms with Gasteiger partial charge in [-0.2, -0.15) is 0 Å². The van der Waals surface area contributed by atoms with Crippen molar-refractivity contribution in [3.05, 3.63) is 79.9 Å². The number of fused-ring (bicyclic) bond motifs is 1. The fourth-order valence-corrected chi connectivity index (χ4v) is 6.52. The van der Waals surface area contributed by atoms with Gasteiger partial charge in [0.15, 0.2) is 5.82 Å². The van der Waals surface area contributed by atoms with Gasteiger partial charge in [-0.3, -0.25) is 9.69 Å². The van der Waals surface area contributed by atoms with E-state index < -0.39 is 0 Å². The van der Waals surface area contributed by atoms with E-state index in [4.69, 9.17) is 11.6 Å². The second-order valence-electron chi connectivity index (χ2n) is 11.2. The zero-order chi connectivity index (χ0) is 27.1. The topological polar surface area (TPSA) is 82.9 Å². The number of rotatable bonds is 5. The van der Waals surface area contributed by atoms with Gasteiger partial charge in [-0.1, -0.05) is 49.1 Å². The second-order valence-corrected chi connectivity index (χ2v) is 11.6. The van der Waals surface area contributed by atoms with Gasteiger partial charge in [-0.25, -0.2) is 4.68 Å². The van der Waals surface area contributed by atoms with Gasteiger partial charge in [-0.05, 0) is 84.3 Å². The van der Waals surface area contributed by atoms with Crippen molar-refractivity contribution in [2.45, 2.75) is 65.0 Å². The molecule has 39 heavy (non-hydrogen) atoms. The molecule has 1 saturated heterocycles. The number of aryl methyl sites for hydroxylation is 3. The van der Waals surface area contributed by atoms with E-state index in [9.17, 15) is 4.79 Å². The SMILES string of the molecule is Cc1ccc(Cl)cc1N1CCN(C(c2cc3ccc(C)c(C)c3[nH]c2=O)c2nnnn2C2CCCCC2)CC1. The zero-order valence-electron chi connectivity index (χ0n) is 23.0. The first-order valence-corrected chi connectivity index (χ1v) is 14.4. The molecule has 8 nitrogen and oxygen atoms in total. The molecular weight excluding hydrogens is 510 g/mol. The third kappa shape index (κ3) is 4.96. The van der Waals surface area contributed by atoms with Crippen molar-refractivity contribution in [1.29, 1.82) is 0 Å². The molecule has 1 atom stereocenters. The van der Waals surface area contributed by atoms with Crippen LogP contribution in [-0.2, 0) is 0 Å². The number of aromatic amines is 1. The summed E-state index contributed by atoms with van der Waals surface area (Å²) in [4.78, 5) is 21.7. The van der Waals surface area contributed by atoms with Gasteiger partial charge in [-0.15, -0.1) is 5.10 Å². The molecule has 0 amide bonds. The Balaban J connectivity index is 1.40. The van der Waals surface area contributed by atoms with Crippen molar-refractivity contribution in [1.82, 2.24) is 30.1 Å². The highest BCUT2D eigenvalue weighted by atomic mass is 35.5. The van der Waals surface area contributed by atoms with Crippen molar-refractivity contribution >= 4 is 28.2 Å². The van der Waals surface area contributed by atoms with Crippen LogP contribution in [0.15, 0.2) is 41.2 Å². The van der Waals surface area contributed by atoms with Crippen molar-refractivity contribution < 1.29 is 0 Å². The molecule has 1 saturated carbocycles. The summed E-state index contributed by atoms with van der Waals surface area (Å²) in [5.41, 5.74) is 6.16. The molecule has 6 rings (SSSR count). The molecule has 0 bridgehead atoms. The summed E-state index contributed by atoms with van der Waals surface area (Å²) in [5, 5.41) is 15.0. The molecule has 0 spiro atoms. The Morgan fingerprint density at radius 2 is 1.69 bits per heavy atom. The molecule has 1 aliphatic carbocycles. The Labute approximate surface area is 234 Å². The molecule has 4 aromatic rings. The lowest BCUT2D eigenvalue weighted by molar-refractivity contribution is 0.192. The second kappa shape index (κ2) is 10.7. The summed E-state index contributed by atoms with van der Waals surface area (Å²) < 4.78 is 2.02. The van der Waals surface area contributed by atoms with Crippen LogP contribution >= 0.6 is 11.6 Å². The number of hydrogen-bond acceptors (Lipinski definition) is 6. The smallest absolute Gasteiger partial charge is 0.253 e. The van der Waals surface area contributed by atoms with Gasteiger partial charge in [0, 0.05) is 42.5 Å². The maximum absolute atomic E-state index is 13.7. The summed E-state index contributed by atoms with van der Waals surface area (Å²) in [6, 6.07) is 12.3. The number of aromatic nitrogens is 5. The van der Waals surface area contributed by atoms with Gasteiger partial charge in [0.25, 0.3) is 5.56 Å².